The van der Waals surface area contributed by atoms with Crippen molar-refractivity contribution >= 4 is 33.4 Å². The van der Waals surface area contributed by atoms with Gasteiger partial charge in [0.25, 0.3) is 0 Å². The van der Waals surface area contributed by atoms with E-state index >= 15 is 0 Å². The van der Waals surface area contributed by atoms with E-state index in [9.17, 15) is 0 Å². The Kier molecular flexibility index (Phi) is 3.50. The fourth-order valence-corrected chi connectivity index (χ4v) is 2.53. The van der Waals surface area contributed by atoms with Gasteiger partial charge in [-0.15, -0.1) is 11.8 Å². The molecule has 6 heteroatoms. The molecule has 0 atom stereocenters. The topological polar surface area (TPSA) is 64.9 Å². The van der Waals surface area contributed by atoms with Crippen LogP contribution in [-0.2, 0) is 5.75 Å². The van der Waals surface area contributed by atoms with Gasteiger partial charge in [0.05, 0.1) is 5.75 Å². The molecular formula is C10H10BrN3OS. The molecule has 1 aromatic carbocycles. The summed E-state index contributed by atoms with van der Waals surface area (Å²) in [5, 5.41) is 3.82. The first-order chi connectivity index (χ1) is 7.65. The minimum atomic E-state index is 0.581. The van der Waals surface area contributed by atoms with Crippen LogP contribution in [0.3, 0.4) is 0 Å². The minimum Gasteiger partial charge on any atom is -0.398 e. The highest BCUT2D eigenvalue weighted by atomic mass is 79.9. The first-order valence-corrected chi connectivity index (χ1v) is 6.40. The largest absolute Gasteiger partial charge is 0.398 e. The quantitative estimate of drug-likeness (QED) is 0.697. The van der Waals surface area contributed by atoms with Crippen molar-refractivity contribution in [2.45, 2.75) is 17.6 Å². The summed E-state index contributed by atoms with van der Waals surface area (Å²) < 4.78 is 5.90. The number of halogens is 1. The summed E-state index contributed by atoms with van der Waals surface area (Å²) in [6, 6.07) is 5.76. The molecule has 0 aliphatic carbocycles. The Morgan fingerprint density at radius 2 is 2.31 bits per heavy atom. The Morgan fingerprint density at radius 3 is 3.00 bits per heavy atom. The lowest BCUT2D eigenvalue weighted by molar-refractivity contribution is 0.389. The Bertz CT molecular complexity index is 501. The van der Waals surface area contributed by atoms with E-state index in [0.29, 0.717) is 17.5 Å². The SMILES string of the molecule is Cc1nc(CSc2cc(Br)ccc2N)no1. The third kappa shape index (κ3) is 2.76. The standard InChI is InChI=1S/C10H10BrN3OS/c1-6-13-10(14-15-6)5-16-9-4-7(11)2-3-8(9)12/h2-4H,5,12H2,1H3. The van der Waals surface area contributed by atoms with Crippen LogP contribution in [0.15, 0.2) is 32.1 Å². The van der Waals surface area contributed by atoms with E-state index in [1.807, 2.05) is 18.2 Å². The van der Waals surface area contributed by atoms with Gasteiger partial charge in [0.15, 0.2) is 5.82 Å². The monoisotopic (exact) mass is 299 g/mol. The van der Waals surface area contributed by atoms with Gasteiger partial charge >= 0.3 is 0 Å². The number of hydrogen-bond donors (Lipinski definition) is 1. The fraction of sp³-hybridized carbons (Fsp3) is 0.200. The van der Waals surface area contributed by atoms with Crippen molar-refractivity contribution in [3.8, 4) is 0 Å². The molecule has 0 bridgehead atoms. The first-order valence-electron chi connectivity index (χ1n) is 4.62. The normalized spacial score (nSPS) is 10.6. The van der Waals surface area contributed by atoms with Crippen molar-refractivity contribution in [1.82, 2.24) is 10.1 Å². The number of rotatable bonds is 3. The number of anilines is 1. The molecule has 4 nitrogen and oxygen atoms in total. The predicted octanol–water partition coefficient (Wildman–Crippen LogP) is 3.02. The fourth-order valence-electron chi connectivity index (χ4n) is 1.18. The minimum absolute atomic E-state index is 0.581. The van der Waals surface area contributed by atoms with E-state index in [-0.39, 0.29) is 0 Å². The molecule has 1 heterocycles. The van der Waals surface area contributed by atoms with E-state index in [1.54, 1.807) is 18.7 Å². The molecule has 0 saturated heterocycles. The summed E-state index contributed by atoms with van der Waals surface area (Å²) in [5.74, 6) is 1.91. The van der Waals surface area contributed by atoms with Crippen LogP contribution < -0.4 is 5.73 Å². The van der Waals surface area contributed by atoms with Crippen LogP contribution in [0.2, 0.25) is 0 Å². The Hall–Kier alpha value is -1.01. The highest BCUT2D eigenvalue weighted by Gasteiger charge is 2.05. The molecule has 0 fully saturated rings. The van der Waals surface area contributed by atoms with Crippen LogP contribution in [-0.4, -0.2) is 10.1 Å². The predicted molar refractivity (Wildman–Crippen MR) is 67.2 cm³/mol. The van der Waals surface area contributed by atoms with E-state index in [2.05, 4.69) is 26.1 Å². The first kappa shape index (κ1) is 11.5. The maximum atomic E-state index is 5.85. The Labute approximate surface area is 106 Å². The second-order valence-electron chi connectivity index (χ2n) is 3.20. The summed E-state index contributed by atoms with van der Waals surface area (Å²) in [5.41, 5.74) is 6.61. The number of thioether (sulfide) groups is 1. The summed E-state index contributed by atoms with van der Waals surface area (Å²) in [6.45, 7) is 1.77. The molecule has 84 valence electrons. The molecule has 0 aliphatic heterocycles. The van der Waals surface area contributed by atoms with Crippen molar-refractivity contribution in [2.75, 3.05) is 5.73 Å². The lowest BCUT2D eigenvalue weighted by Gasteiger charge is -2.03. The van der Waals surface area contributed by atoms with Crippen molar-refractivity contribution in [3.63, 3.8) is 0 Å². The summed E-state index contributed by atoms with van der Waals surface area (Å²) in [6.07, 6.45) is 0. The van der Waals surface area contributed by atoms with Crippen molar-refractivity contribution in [1.29, 1.82) is 0 Å². The lowest BCUT2D eigenvalue weighted by Crippen LogP contribution is -1.90. The zero-order valence-electron chi connectivity index (χ0n) is 8.61. The highest BCUT2D eigenvalue weighted by molar-refractivity contribution is 9.10. The molecule has 1 aromatic heterocycles. The molecule has 0 amide bonds. The van der Waals surface area contributed by atoms with Gasteiger partial charge in [-0.25, -0.2) is 0 Å². The molecule has 2 N–H and O–H groups in total. The molecule has 0 spiro atoms. The second-order valence-corrected chi connectivity index (χ2v) is 5.13. The van der Waals surface area contributed by atoms with Crippen LogP contribution in [0.4, 0.5) is 5.69 Å². The lowest BCUT2D eigenvalue weighted by atomic mass is 10.3. The molecule has 16 heavy (non-hydrogen) atoms. The van der Waals surface area contributed by atoms with Gasteiger partial charge in [0.2, 0.25) is 5.89 Å². The van der Waals surface area contributed by atoms with E-state index in [4.69, 9.17) is 10.3 Å². The van der Waals surface area contributed by atoms with Crippen LogP contribution in [0.5, 0.6) is 0 Å². The number of hydrogen-bond acceptors (Lipinski definition) is 5. The summed E-state index contributed by atoms with van der Waals surface area (Å²) in [7, 11) is 0. The molecule has 0 aliphatic rings. The van der Waals surface area contributed by atoms with E-state index in [1.165, 1.54) is 0 Å². The van der Waals surface area contributed by atoms with Crippen molar-refractivity contribution < 1.29 is 4.52 Å². The van der Waals surface area contributed by atoms with Crippen LogP contribution in [0.25, 0.3) is 0 Å². The van der Waals surface area contributed by atoms with Gasteiger partial charge in [-0.2, -0.15) is 4.98 Å². The smallest absolute Gasteiger partial charge is 0.223 e. The Balaban J connectivity index is 2.07. The number of benzene rings is 1. The maximum Gasteiger partial charge on any atom is 0.223 e. The maximum absolute atomic E-state index is 5.85. The number of nitrogens with zero attached hydrogens (tertiary/aromatic N) is 2. The van der Waals surface area contributed by atoms with Gasteiger partial charge in [-0.05, 0) is 18.2 Å². The van der Waals surface area contributed by atoms with Crippen LogP contribution >= 0.6 is 27.7 Å². The van der Waals surface area contributed by atoms with Gasteiger partial charge in [-0.3, -0.25) is 0 Å². The second kappa shape index (κ2) is 4.88. The summed E-state index contributed by atoms with van der Waals surface area (Å²) in [4.78, 5) is 5.14. The third-order valence-electron chi connectivity index (χ3n) is 1.90. The number of aryl methyl sites for hydroxylation is 1. The van der Waals surface area contributed by atoms with Crippen molar-refractivity contribution in [2.24, 2.45) is 0 Å². The molecule has 2 rings (SSSR count). The zero-order chi connectivity index (χ0) is 11.5. The zero-order valence-corrected chi connectivity index (χ0v) is 11.0. The summed E-state index contributed by atoms with van der Waals surface area (Å²) >= 11 is 5.00. The number of aromatic nitrogens is 2. The Morgan fingerprint density at radius 1 is 1.50 bits per heavy atom. The molecule has 2 aromatic rings. The van der Waals surface area contributed by atoms with Gasteiger partial charge in [0, 0.05) is 22.0 Å². The molecular weight excluding hydrogens is 290 g/mol. The molecule has 0 radical (unpaired) electrons. The van der Waals surface area contributed by atoms with E-state index < -0.39 is 0 Å². The van der Waals surface area contributed by atoms with Gasteiger partial charge in [-0.1, -0.05) is 21.1 Å². The highest BCUT2D eigenvalue weighted by Crippen LogP contribution is 2.29. The van der Waals surface area contributed by atoms with Crippen LogP contribution in [0.1, 0.15) is 11.7 Å². The number of nitrogens with two attached hydrogens (primary N) is 1. The molecule has 0 unspecified atom stereocenters. The van der Waals surface area contributed by atoms with Gasteiger partial charge in [0.1, 0.15) is 0 Å². The molecule has 0 saturated carbocycles. The average molecular weight is 300 g/mol. The average Bonchev–Trinajstić information content (AvgIpc) is 2.66. The number of nitrogen functional groups attached to an aromatic ring is 1. The third-order valence-corrected chi connectivity index (χ3v) is 3.46. The van der Waals surface area contributed by atoms with E-state index in [0.717, 1.165) is 15.1 Å². The van der Waals surface area contributed by atoms with Crippen LogP contribution in [0, 0.1) is 6.92 Å². The van der Waals surface area contributed by atoms with Crippen molar-refractivity contribution in [3.05, 3.63) is 34.4 Å². The van der Waals surface area contributed by atoms with Gasteiger partial charge < -0.3 is 10.3 Å².